The van der Waals surface area contributed by atoms with Gasteiger partial charge in [-0.05, 0) is 30.2 Å². The molecule has 2 aromatic rings. The molecular formula is C16H17F3N4O. The fourth-order valence-electron chi connectivity index (χ4n) is 2.20. The first-order valence-corrected chi connectivity index (χ1v) is 7.31. The second kappa shape index (κ2) is 7.87. The third kappa shape index (κ3) is 3.88. The smallest absolute Gasteiger partial charge is 0.255 e. The molecule has 5 nitrogen and oxygen atoms in total. The lowest BCUT2D eigenvalue weighted by Crippen LogP contribution is -2.29. The summed E-state index contributed by atoms with van der Waals surface area (Å²) in [5.41, 5.74) is 5.66. The van der Waals surface area contributed by atoms with Gasteiger partial charge in [0.2, 0.25) is 0 Å². The minimum atomic E-state index is -2.70. The van der Waals surface area contributed by atoms with Crippen molar-refractivity contribution in [2.24, 2.45) is 5.73 Å². The molecule has 0 saturated heterocycles. The molecule has 0 aliphatic rings. The number of nitrogens with zero attached hydrogens (tertiary/aromatic N) is 2. The van der Waals surface area contributed by atoms with Crippen LogP contribution in [0.15, 0.2) is 30.6 Å². The first kappa shape index (κ1) is 17.9. The van der Waals surface area contributed by atoms with E-state index in [9.17, 15) is 18.0 Å². The van der Waals surface area contributed by atoms with Crippen molar-refractivity contribution in [3.63, 3.8) is 0 Å². The second-order valence-electron chi connectivity index (χ2n) is 5.20. The molecule has 1 heterocycles. The Balaban J connectivity index is 2.54. The molecule has 3 N–H and O–H groups in total. The van der Waals surface area contributed by atoms with Crippen LogP contribution in [0.25, 0.3) is 11.4 Å². The molecule has 1 aromatic carbocycles. The maximum Gasteiger partial charge on any atom is 0.255 e. The van der Waals surface area contributed by atoms with E-state index in [1.807, 2.05) is 0 Å². The fraction of sp³-hybridized carbons (Fsp3) is 0.312. The zero-order valence-corrected chi connectivity index (χ0v) is 13.0. The van der Waals surface area contributed by atoms with Crippen molar-refractivity contribution in [1.82, 2.24) is 15.3 Å². The number of rotatable bonds is 6. The van der Waals surface area contributed by atoms with Gasteiger partial charge in [-0.25, -0.2) is 23.1 Å². The molecule has 0 aliphatic heterocycles. The molecule has 0 radical (unpaired) electrons. The highest BCUT2D eigenvalue weighted by Crippen LogP contribution is 2.30. The molecule has 1 aromatic heterocycles. The summed E-state index contributed by atoms with van der Waals surface area (Å²) in [6.07, 6.45) is 0.107. The van der Waals surface area contributed by atoms with Crippen molar-refractivity contribution in [1.29, 1.82) is 0 Å². The number of halogens is 3. The number of amides is 1. The fourth-order valence-corrected chi connectivity index (χ4v) is 2.20. The highest BCUT2D eigenvalue weighted by atomic mass is 19.3. The predicted molar refractivity (Wildman–Crippen MR) is 83.2 cm³/mol. The number of hydrogen-bond donors (Lipinski definition) is 2. The number of benzene rings is 1. The van der Waals surface area contributed by atoms with Crippen LogP contribution >= 0.6 is 0 Å². The Morgan fingerprint density at radius 3 is 2.54 bits per heavy atom. The summed E-state index contributed by atoms with van der Waals surface area (Å²) >= 11 is 0. The number of nitrogens with one attached hydrogen (secondary N) is 1. The van der Waals surface area contributed by atoms with E-state index in [0.717, 1.165) is 0 Å². The van der Waals surface area contributed by atoms with Gasteiger partial charge in [0.1, 0.15) is 5.82 Å². The Hall–Kier alpha value is -2.48. The molecule has 2 rings (SSSR count). The zero-order valence-electron chi connectivity index (χ0n) is 13.0. The molecule has 0 saturated carbocycles. The normalized spacial score (nSPS) is 12.2. The molecule has 128 valence electrons. The van der Waals surface area contributed by atoms with Gasteiger partial charge in [-0.3, -0.25) is 4.79 Å². The third-order valence-corrected chi connectivity index (χ3v) is 3.51. The van der Waals surface area contributed by atoms with Gasteiger partial charge >= 0.3 is 0 Å². The Morgan fingerprint density at radius 1 is 1.29 bits per heavy atom. The number of hydrogen-bond acceptors (Lipinski definition) is 4. The summed E-state index contributed by atoms with van der Waals surface area (Å²) in [4.78, 5) is 20.1. The van der Waals surface area contributed by atoms with Crippen molar-refractivity contribution in [3.05, 3.63) is 47.5 Å². The van der Waals surface area contributed by atoms with E-state index in [1.54, 1.807) is 13.0 Å². The summed E-state index contributed by atoms with van der Waals surface area (Å²) in [7, 11) is 0. The van der Waals surface area contributed by atoms with Crippen LogP contribution < -0.4 is 11.1 Å². The first-order chi connectivity index (χ1) is 11.5. The number of carbonyl (C=O) groups excluding carboxylic acids is 1. The summed E-state index contributed by atoms with van der Waals surface area (Å²) in [6.45, 7) is 1.13. The molecular weight excluding hydrogens is 321 g/mol. The Bertz CT molecular complexity index is 710. The van der Waals surface area contributed by atoms with Crippen molar-refractivity contribution >= 4 is 5.91 Å². The van der Waals surface area contributed by atoms with Crippen LogP contribution in [-0.4, -0.2) is 35.4 Å². The van der Waals surface area contributed by atoms with Gasteiger partial charge in [-0.1, -0.05) is 13.0 Å². The van der Waals surface area contributed by atoms with E-state index in [0.29, 0.717) is 5.56 Å². The molecule has 0 bridgehead atoms. The largest absolute Gasteiger partial charge is 0.346 e. The number of aromatic nitrogens is 2. The Kier molecular flexibility index (Phi) is 5.86. The van der Waals surface area contributed by atoms with Gasteiger partial charge in [-0.15, -0.1) is 0 Å². The van der Waals surface area contributed by atoms with Crippen LogP contribution in [-0.2, 0) is 0 Å². The lowest BCUT2D eigenvalue weighted by molar-refractivity contribution is 0.0892. The van der Waals surface area contributed by atoms with Crippen LogP contribution in [0, 0.1) is 5.82 Å². The summed E-state index contributed by atoms with van der Waals surface area (Å²) < 4.78 is 39.6. The van der Waals surface area contributed by atoms with Crippen molar-refractivity contribution in [3.8, 4) is 11.4 Å². The van der Waals surface area contributed by atoms with E-state index in [2.05, 4.69) is 15.3 Å². The molecule has 0 fully saturated rings. The van der Waals surface area contributed by atoms with Gasteiger partial charge in [0.25, 0.3) is 12.3 Å². The first-order valence-electron chi connectivity index (χ1n) is 7.31. The topological polar surface area (TPSA) is 80.9 Å². The third-order valence-electron chi connectivity index (χ3n) is 3.51. The SMILES string of the molecule is C[C@H](CN)c1ccc(C(=O)NCC(F)F)c(-c2ncccn2)c1F. The molecule has 8 heteroatoms. The average Bonchev–Trinajstić information content (AvgIpc) is 2.59. The van der Waals surface area contributed by atoms with Gasteiger partial charge in [0.15, 0.2) is 5.82 Å². The number of carbonyl (C=O) groups is 1. The maximum absolute atomic E-state index is 15.0. The maximum atomic E-state index is 15.0. The molecule has 0 unspecified atom stereocenters. The second-order valence-corrected chi connectivity index (χ2v) is 5.20. The van der Waals surface area contributed by atoms with Crippen molar-refractivity contribution < 1.29 is 18.0 Å². The van der Waals surface area contributed by atoms with Crippen molar-refractivity contribution in [2.45, 2.75) is 19.3 Å². The van der Waals surface area contributed by atoms with E-state index < -0.39 is 24.7 Å². The highest BCUT2D eigenvalue weighted by molar-refractivity contribution is 6.00. The summed E-state index contributed by atoms with van der Waals surface area (Å²) in [5, 5.41) is 2.06. The van der Waals surface area contributed by atoms with Crippen LogP contribution in [0.1, 0.15) is 28.8 Å². The summed E-state index contributed by atoms with van der Waals surface area (Å²) in [6, 6.07) is 4.35. The molecule has 1 atom stereocenters. The van der Waals surface area contributed by atoms with E-state index in [4.69, 9.17) is 5.73 Å². The summed E-state index contributed by atoms with van der Waals surface area (Å²) in [5.74, 6) is -1.78. The van der Waals surface area contributed by atoms with Crippen LogP contribution in [0.4, 0.5) is 13.2 Å². The number of nitrogens with two attached hydrogens (primary N) is 1. The van der Waals surface area contributed by atoms with Crippen LogP contribution in [0.5, 0.6) is 0 Å². The molecule has 1 amide bonds. The Morgan fingerprint density at radius 2 is 1.96 bits per heavy atom. The van der Waals surface area contributed by atoms with Crippen molar-refractivity contribution in [2.75, 3.05) is 13.1 Å². The van der Waals surface area contributed by atoms with Crippen LogP contribution in [0.3, 0.4) is 0 Å². The van der Waals surface area contributed by atoms with Gasteiger partial charge < -0.3 is 11.1 Å². The lowest BCUT2D eigenvalue weighted by atomic mass is 9.94. The lowest BCUT2D eigenvalue weighted by Gasteiger charge is -2.16. The monoisotopic (exact) mass is 338 g/mol. The van der Waals surface area contributed by atoms with Gasteiger partial charge in [0, 0.05) is 12.4 Å². The van der Waals surface area contributed by atoms with Gasteiger partial charge in [-0.2, -0.15) is 0 Å². The van der Waals surface area contributed by atoms with E-state index in [1.165, 1.54) is 24.5 Å². The number of alkyl halides is 2. The van der Waals surface area contributed by atoms with E-state index in [-0.39, 0.29) is 29.4 Å². The van der Waals surface area contributed by atoms with Crippen LogP contribution in [0.2, 0.25) is 0 Å². The average molecular weight is 338 g/mol. The highest BCUT2D eigenvalue weighted by Gasteiger charge is 2.23. The van der Waals surface area contributed by atoms with Gasteiger partial charge in [0.05, 0.1) is 17.7 Å². The standard InChI is InChI=1S/C16H17F3N4O/c1-9(7-20)10-3-4-11(16(24)23-8-12(17)18)13(14(10)19)15-21-5-2-6-22-15/h2-6,9,12H,7-8,20H2,1H3,(H,23,24)/t9-/m1/s1. The molecule has 0 spiro atoms. The molecule has 0 aliphatic carbocycles. The van der Waals surface area contributed by atoms with E-state index >= 15 is 0 Å². The quantitative estimate of drug-likeness (QED) is 0.847. The predicted octanol–water partition coefficient (Wildman–Crippen LogP) is 2.34. The Labute approximate surface area is 137 Å². The zero-order chi connectivity index (χ0) is 17.7. The minimum absolute atomic E-state index is 0.00303. The molecule has 24 heavy (non-hydrogen) atoms. The minimum Gasteiger partial charge on any atom is -0.346 e.